The number of likely N-dealkylation sites (N-methyl/N-ethyl adjacent to an activating group) is 1. The number of allylic oxidation sites excluding steroid dienone is 1. The molecule has 1 rings (SSSR count). The molecule has 0 aliphatic rings. The Labute approximate surface area is 104 Å². The summed E-state index contributed by atoms with van der Waals surface area (Å²) < 4.78 is 11.1. The summed E-state index contributed by atoms with van der Waals surface area (Å²) in [5, 5.41) is 0. The van der Waals surface area contributed by atoms with Crippen molar-refractivity contribution in [2.24, 2.45) is 0 Å². The number of hydrogen-bond acceptors (Lipinski definition) is 3. The standard InChI is InChI=1S/C14H21NO2/c1-5-7-12-8-6-9-13(16-4)14(12)17-11-10-15(2)3/h5-6,8-9H,1,7,10-11H2,2-4H3. The Hall–Kier alpha value is -1.48. The average molecular weight is 235 g/mol. The second kappa shape index (κ2) is 6.97. The number of methoxy groups -OCH3 is 1. The molecule has 0 aliphatic heterocycles. The number of benzene rings is 1. The van der Waals surface area contributed by atoms with Crippen LogP contribution < -0.4 is 9.47 Å². The molecule has 3 heteroatoms. The predicted octanol–water partition coefficient (Wildman–Crippen LogP) is 2.36. The Morgan fingerprint density at radius 2 is 2.12 bits per heavy atom. The van der Waals surface area contributed by atoms with Gasteiger partial charge in [-0.3, -0.25) is 0 Å². The van der Waals surface area contributed by atoms with Gasteiger partial charge in [0.2, 0.25) is 0 Å². The molecule has 0 unspecified atom stereocenters. The van der Waals surface area contributed by atoms with Crippen molar-refractivity contribution < 1.29 is 9.47 Å². The predicted molar refractivity (Wildman–Crippen MR) is 70.9 cm³/mol. The van der Waals surface area contributed by atoms with Crippen LogP contribution in [0.4, 0.5) is 0 Å². The SMILES string of the molecule is C=CCc1cccc(OC)c1OCCN(C)C. The maximum Gasteiger partial charge on any atom is 0.164 e. The van der Waals surface area contributed by atoms with Crippen LogP contribution in [0.15, 0.2) is 30.9 Å². The van der Waals surface area contributed by atoms with Crippen molar-refractivity contribution in [2.75, 3.05) is 34.4 Å². The summed E-state index contributed by atoms with van der Waals surface area (Å²) in [6.45, 7) is 5.29. The van der Waals surface area contributed by atoms with Gasteiger partial charge in [0, 0.05) is 12.1 Å². The minimum absolute atomic E-state index is 0.650. The first kappa shape index (κ1) is 13.6. The van der Waals surface area contributed by atoms with Crippen LogP contribution >= 0.6 is 0 Å². The third-order valence-corrected chi connectivity index (χ3v) is 2.43. The average Bonchev–Trinajstić information content (AvgIpc) is 2.30. The molecule has 3 nitrogen and oxygen atoms in total. The summed E-state index contributed by atoms with van der Waals surface area (Å²) in [7, 11) is 5.71. The van der Waals surface area contributed by atoms with Crippen molar-refractivity contribution >= 4 is 0 Å². The molecule has 17 heavy (non-hydrogen) atoms. The molecule has 0 atom stereocenters. The van der Waals surface area contributed by atoms with E-state index in [2.05, 4.69) is 11.5 Å². The van der Waals surface area contributed by atoms with E-state index in [0.29, 0.717) is 6.61 Å². The molecule has 0 heterocycles. The fourth-order valence-electron chi connectivity index (χ4n) is 1.53. The lowest BCUT2D eigenvalue weighted by atomic mass is 10.1. The van der Waals surface area contributed by atoms with E-state index >= 15 is 0 Å². The molecule has 0 amide bonds. The molecular formula is C14H21NO2. The van der Waals surface area contributed by atoms with E-state index in [1.165, 1.54) is 0 Å². The summed E-state index contributed by atoms with van der Waals surface area (Å²) in [6.07, 6.45) is 2.65. The third kappa shape index (κ3) is 4.11. The van der Waals surface area contributed by atoms with Crippen LogP contribution in [0.5, 0.6) is 11.5 Å². The normalized spacial score (nSPS) is 10.4. The zero-order valence-electron chi connectivity index (χ0n) is 10.9. The van der Waals surface area contributed by atoms with Gasteiger partial charge >= 0.3 is 0 Å². The van der Waals surface area contributed by atoms with Crippen LogP contribution in [-0.4, -0.2) is 39.3 Å². The molecule has 0 aliphatic carbocycles. The number of rotatable bonds is 7. The molecule has 1 aromatic carbocycles. The van der Waals surface area contributed by atoms with Crippen molar-refractivity contribution in [1.29, 1.82) is 0 Å². The number of ether oxygens (including phenoxy) is 2. The summed E-state index contributed by atoms with van der Waals surface area (Å²) in [5.74, 6) is 1.61. The summed E-state index contributed by atoms with van der Waals surface area (Å²) in [6, 6.07) is 5.92. The van der Waals surface area contributed by atoms with Gasteiger partial charge in [-0.1, -0.05) is 18.2 Å². The summed E-state index contributed by atoms with van der Waals surface area (Å²) >= 11 is 0. The molecule has 0 aromatic heterocycles. The molecule has 0 fully saturated rings. The highest BCUT2D eigenvalue weighted by Gasteiger charge is 2.09. The minimum atomic E-state index is 0.650. The number of nitrogens with zero attached hydrogens (tertiary/aromatic N) is 1. The molecule has 0 radical (unpaired) electrons. The highest BCUT2D eigenvalue weighted by molar-refractivity contribution is 5.47. The van der Waals surface area contributed by atoms with Crippen LogP contribution in [0.1, 0.15) is 5.56 Å². The maximum absolute atomic E-state index is 5.81. The van der Waals surface area contributed by atoms with E-state index in [9.17, 15) is 0 Å². The van der Waals surface area contributed by atoms with E-state index in [1.807, 2.05) is 38.4 Å². The largest absolute Gasteiger partial charge is 0.493 e. The molecule has 0 spiro atoms. The smallest absolute Gasteiger partial charge is 0.164 e. The fourth-order valence-corrected chi connectivity index (χ4v) is 1.53. The van der Waals surface area contributed by atoms with Gasteiger partial charge in [0.15, 0.2) is 11.5 Å². The third-order valence-electron chi connectivity index (χ3n) is 2.43. The first-order valence-corrected chi connectivity index (χ1v) is 5.73. The van der Waals surface area contributed by atoms with E-state index in [4.69, 9.17) is 9.47 Å². The Morgan fingerprint density at radius 3 is 2.71 bits per heavy atom. The Balaban J connectivity index is 2.80. The summed E-state index contributed by atoms with van der Waals surface area (Å²) in [4.78, 5) is 2.09. The Bertz CT molecular complexity index is 361. The molecular weight excluding hydrogens is 214 g/mol. The molecule has 0 N–H and O–H groups in total. The highest BCUT2D eigenvalue weighted by Crippen LogP contribution is 2.31. The van der Waals surface area contributed by atoms with Gasteiger partial charge in [-0.25, -0.2) is 0 Å². The van der Waals surface area contributed by atoms with E-state index in [1.54, 1.807) is 7.11 Å². The van der Waals surface area contributed by atoms with Gasteiger partial charge < -0.3 is 14.4 Å². The van der Waals surface area contributed by atoms with Crippen molar-refractivity contribution in [2.45, 2.75) is 6.42 Å². The number of para-hydroxylation sites is 1. The molecule has 0 saturated carbocycles. The van der Waals surface area contributed by atoms with Gasteiger partial charge in [-0.15, -0.1) is 6.58 Å². The lowest BCUT2D eigenvalue weighted by molar-refractivity contribution is 0.249. The first-order chi connectivity index (χ1) is 8.19. The minimum Gasteiger partial charge on any atom is -0.493 e. The van der Waals surface area contributed by atoms with E-state index < -0.39 is 0 Å². The van der Waals surface area contributed by atoms with Crippen molar-refractivity contribution in [3.8, 4) is 11.5 Å². The quantitative estimate of drug-likeness (QED) is 0.677. The lowest BCUT2D eigenvalue weighted by Gasteiger charge is -2.16. The summed E-state index contributed by atoms with van der Waals surface area (Å²) in [5.41, 5.74) is 1.11. The Morgan fingerprint density at radius 1 is 1.35 bits per heavy atom. The zero-order valence-corrected chi connectivity index (χ0v) is 10.9. The fraction of sp³-hybridized carbons (Fsp3) is 0.429. The van der Waals surface area contributed by atoms with Crippen molar-refractivity contribution in [1.82, 2.24) is 4.90 Å². The monoisotopic (exact) mass is 235 g/mol. The topological polar surface area (TPSA) is 21.7 Å². The van der Waals surface area contributed by atoms with Gasteiger partial charge in [0.1, 0.15) is 6.61 Å². The Kier molecular flexibility index (Phi) is 5.57. The van der Waals surface area contributed by atoms with Gasteiger partial charge in [0.05, 0.1) is 7.11 Å². The van der Waals surface area contributed by atoms with Gasteiger partial charge in [0.25, 0.3) is 0 Å². The molecule has 0 bridgehead atoms. The number of hydrogen-bond donors (Lipinski definition) is 0. The van der Waals surface area contributed by atoms with Crippen molar-refractivity contribution in [3.63, 3.8) is 0 Å². The zero-order chi connectivity index (χ0) is 12.7. The van der Waals surface area contributed by atoms with Crippen molar-refractivity contribution in [3.05, 3.63) is 36.4 Å². The van der Waals surface area contributed by atoms with Crippen LogP contribution in [0.25, 0.3) is 0 Å². The first-order valence-electron chi connectivity index (χ1n) is 5.73. The van der Waals surface area contributed by atoms with Crippen LogP contribution in [0, 0.1) is 0 Å². The molecule has 94 valence electrons. The maximum atomic E-state index is 5.81. The molecule has 0 saturated heterocycles. The van der Waals surface area contributed by atoms with Crippen LogP contribution in [-0.2, 0) is 6.42 Å². The lowest BCUT2D eigenvalue weighted by Crippen LogP contribution is -2.19. The van der Waals surface area contributed by atoms with E-state index in [0.717, 1.165) is 30.0 Å². The van der Waals surface area contributed by atoms with Gasteiger partial charge in [-0.05, 0) is 26.6 Å². The van der Waals surface area contributed by atoms with E-state index in [-0.39, 0.29) is 0 Å². The molecule has 1 aromatic rings. The van der Waals surface area contributed by atoms with Crippen LogP contribution in [0.2, 0.25) is 0 Å². The van der Waals surface area contributed by atoms with Crippen LogP contribution in [0.3, 0.4) is 0 Å². The second-order valence-electron chi connectivity index (χ2n) is 4.09. The second-order valence-corrected chi connectivity index (χ2v) is 4.09. The van der Waals surface area contributed by atoms with Gasteiger partial charge in [-0.2, -0.15) is 0 Å². The highest BCUT2D eigenvalue weighted by atomic mass is 16.5.